The second-order valence-corrected chi connectivity index (χ2v) is 8.60. The number of nitrogens with one attached hydrogen (secondary N) is 2. The van der Waals surface area contributed by atoms with Crippen molar-refractivity contribution in [3.05, 3.63) is 24.2 Å². The van der Waals surface area contributed by atoms with Crippen molar-refractivity contribution in [1.82, 2.24) is 14.9 Å². The number of likely N-dealkylation sites (tertiary alicyclic amines) is 1. The van der Waals surface area contributed by atoms with E-state index in [2.05, 4.69) is 28.8 Å². The molecule has 0 unspecified atom stereocenters. The van der Waals surface area contributed by atoms with Crippen molar-refractivity contribution in [2.45, 2.75) is 32.9 Å². The Morgan fingerprint density at radius 1 is 1.40 bits per heavy atom. The zero-order valence-electron chi connectivity index (χ0n) is 14.9. The zero-order chi connectivity index (χ0) is 17.7. The van der Waals surface area contributed by atoms with Gasteiger partial charge in [-0.15, -0.1) is 12.4 Å². The van der Waals surface area contributed by atoms with Crippen LogP contribution in [-0.2, 0) is 21.4 Å². The van der Waals surface area contributed by atoms with Crippen molar-refractivity contribution in [2.75, 3.05) is 25.9 Å². The number of sulfonamides is 1. The van der Waals surface area contributed by atoms with Gasteiger partial charge >= 0.3 is 0 Å². The Balaban J connectivity index is 0.00000312. The summed E-state index contributed by atoms with van der Waals surface area (Å²) in [7, 11) is -3.26. The first kappa shape index (κ1) is 22.0. The molecule has 2 heterocycles. The summed E-state index contributed by atoms with van der Waals surface area (Å²) in [6, 6.07) is 3.90. The Bertz CT molecular complexity index is 634. The quantitative estimate of drug-likeness (QED) is 0.692. The minimum atomic E-state index is -3.26. The van der Waals surface area contributed by atoms with Gasteiger partial charge in [-0.2, -0.15) is 0 Å². The Labute approximate surface area is 156 Å². The SMILES string of the molecule is CC(C)[C@H]1CN(Cc2ccco2)C[C@@H]1NC(=O)CCNS(C)(=O)=O.Cl. The summed E-state index contributed by atoms with van der Waals surface area (Å²) >= 11 is 0. The average Bonchev–Trinajstić information content (AvgIpc) is 3.07. The molecular formula is C16H28ClN3O4S. The molecule has 0 aromatic carbocycles. The molecule has 0 radical (unpaired) electrons. The number of halogens is 1. The van der Waals surface area contributed by atoms with Crippen LogP contribution in [0.4, 0.5) is 0 Å². The van der Waals surface area contributed by atoms with Gasteiger partial charge in [0.05, 0.1) is 19.1 Å². The fraction of sp³-hybridized carbons (Fsp3) is 0.688. The fourth-order valence-corrected chi connectivity index (χ4v) is 3.60. The summed E-state index contributed by atoms with van der Waals surface area (Å²) in [5.41, 5.74) is 0. The zero-order valence-corrected chi connectivity index (χ0v) is 16.5. The third kappa shape index (κ3) is 7.35. The monoisotopic (exact) mass is 393 g/mol. The number of hydrogen-bond donors (Lipinski definition) is 2. The molecule has 1 aromatic rings. The van der Waals surface area contributed by atoms with Crippen molar-refractivity contribution in [3.63, 3.8) is 0 Å². The van der Waals surface area contributed by atoms with Gasteiger partial charge in [-0.25, -0.2) is 13.1 Å². The number of amides is 1. The van der Waals surface area contributed by atoms with Crippen LogP contribution in [0.5, 0.6) is 0 Å². The summed E-state index contributed by atoms with van der Waals surface area (Å²) in [4.78, 5) is 14.4. The maximum absolute atomic E-state index is 12.1. The molecule has 1 fully saturated rings. The Morgan fingerprint density at radius 2 is 2.12 bits per heavy atom. The van der Waals surface area contributed by atoms with E-state index < -0.39 is 10.0 Å². The second kappa shape index (κ2) is 9.56. The molecule has 25 heavy (non-hydrogen) atoms. The van der Waals surface area contributed by atoms with Gasteiger partial charge in [-0.1, -0.05) is 13.8 Å². The molecule has 144 valence electrons. The van der Waals surface area contributed by atoms with Gasteiger partial charge < -0.3 is 9.73 Å². The van der Waals surface area contributed by atoms with Gasteiger partial charge in [0.15, 0.2) is 0 Å². The third-order valence-electron chi connectivity index (χ3n) is 4.32. The van der Waals surface area contributed by atoms with Crippen molar-refractivity contribution >= 4 is 28.3 Å². The van der Waals surface area contributed by atoms with Gasteiger partial charge in [-0.3, -0.25) is 9.69 Å². The number of carbonyl (C=O) groups is 1. The molecule has 1 aliphatic rings. The minimum absolute atomic E-state index is 0. The van der Waals surface area contributed by atoms with Crippen LogP contribution in [0.25, 0.3) is 0 Å². The highest BCUT2D eigenvalue weighted by molar-refractivity contribution is 7.88. The van der Waals surface area contributed by atoms with Crippen LogP contribution in [0.3, 0.4) is 0 Å². The number of nitrogens with zero attached hydrogens (tertiary/aromatic N) is 1. The van der Waals surface area contributed by atoms with E-state index in [9.17, 15) is 13.2 Å². The van der Waals surface area contributed by atoms with Gasteiger partial charge in [0, 0.05) is 32.1 Å². The van der Waals surface area contributed by atoms with E-state index in [4.69, 9.17) is 4.42 Å². The van der Waals surface area contributed by atoms with Crippen molar-refractivity contribution < 1.29 is 17.6 Å². The highest BCUT2D eigenvalue weighted by Crippen LogP contribution is 2.26. The van der Waals surface area contributed by atoms with Crippen molar-refractivity contribution in [2.24, 2.45) is 11.8 Å². The molecule has 7 nitrogen and oxygen atoms in total. The molecule has 0 spiro atoms. The molecule has 2 N–H and O–H groups in total. The van der Waals surface area contributed by atoms with Crippen molar-refractivity contribution in [3.8, 4) is 0 Å². The minimum Gasteiger partial charge on any atom is -0.468 e. The lowest BCUT2D eigenvalue weighted by Crippen LogP contribution is -2.43. The largest absolute Gasteiger partial charge is 0.468 e. The molecule has 0 bridgehead atoms. The number of rotatable bonds is 8. The Morgan fingerprint density at radius 3 is 2.68 bits per heavy atom. The topological polar surface area (TPSA) is 91.7 Å². The van der Waals surface area contributed by atoms with E-state index in [-0.39, 0.29) is 37.3 Å². The van der Waals surface area contributed by atoms with Crippen LogP contribution >= 0.6 is 12.4 Å². The van der Waals surface area contributed by atoms with Gasteiger partial charge in [0.2, 0.25) is 15.9 Å². The van der Waals surface area contributed by atoms with E-state index in [0.717, 1.165) is 31.7 Å². The molecule has 1 aliphatic heterocycles. The average molecular weight is 394 g/mol. The predicted molar refractivity (Wildman–Crippen MR) is 99.0 cm³/mol. The number of hydrogen-bond acceptors (Lipinski definition) is 5. The van der Waals surface area contributed by atoms with Crippen LogP contribution in [0.2, 0.25) is 0 Å². The molecule has 0 aliphatic carbocycles. The standard InChI is InChI=1S/C16H27N3O4S.ClH/c1-12(2)14-10-19(9-13-5-4-8-23-13)11-15(14)18-16(20)6-7-17-24(3,21)22;/h4-5,8,12,14-15,17H,6-7,9-11H2,1-3H3,(H,18,20);1H/t14-,15+;/m1./s1. The Kier molecular flexibility index (Phi) is 8.40. The molecule has 1 aromatic heterocycles. The van der Waals surface area contributed by atoms with Gasteiger partial charge in [0.1, 0.15) is 5.76 Å². The first-order chi connectivity index (χ1) is 11.2. The second-order valence-electron chi connectivity index (χ2n) is 6.77. The maximum atomic E-state index is 12.1. The first-order valence-electron chi connectivity index (χ1n) is 8.23. The number of furan rings is 1. The van der Waals surface area contributed by atoms with E-state index in [0.29, 0.717) is 11.8 Å². The maximum Gasteiger partial charge on any atom is 0.221 e. The molecule has 0 saturated carbocycles. The number of carbonyl (C=O) groups excluding carboxylic acids is 1. The lowest BCUT2D eigenvalue weighted by Gasteiger charge is -2.23. The smallest absolute Gasteiger partial charge is 0.221 e. The van der Waals surface area contributed by atoms with Crippen LogP contribution in [0.15, 0.2) is 22.8 Å². The lowest BCUT2D eigenvalue weighted by molar-refractivity contribution is -0.121. The molecule has 1 saturated heterocycles. The van der Waals surface area contributed by atoms with Gasteiger partial charge in [-0.05, 0) is 24.0 Å². The third-order valence-corrected chi connectivity index (χ3v) is 5.05. The summed E-state index contributed by atoms with van der Waals surface area (Å²) in [5.74, 6) is 1.61. The Hall–Kier alpha value is -1.09. The first-order valence-corrected chi connectivity index (χ1v) is 10.1. The predicted octanol–water partition coefficient (Wildman–Crippen LogP) is 1.21. The molecule has 2 rings (SSSR count). The van der Waals surface area contributed by atoms with E-state index in [1.54, 1.807) is 6.26 Å². The summed E-state index contributed by atoms with van der Waals surface area (Å²) in [6.07, 6.45) is 2.90. The van der Waals surface area contributed by atoms with Gasteiger partial charge in [0.25, 0.3) is 0 Å². The van der Waals surface area contributed by atoms with Crippen LogP contribution in [-0.4, -0.2) is 51.2 Å². The van der Waals surface area contributed by atoms with Crippen LogP contribution < -0.4 is 10.0 Å². The highest BCUT2D eigenvalue weighted by Gasteiger charge is 2.35. The lowest BCUT2D eigenvalue weighted by atomic mass is 9.91. The normalized spacial score (nSPS) is 21.3. The molecule has 1 amide bonds. The van der Waals surface area contributed by atoms with Crippen LogP contribution in [0, 0.1) is 11.8 Å². The highest BCUT2D eigenvalue weighted by atomic mass is 35.5. The molecule has 9 heteroatoms. The van der Waals surface area contributed by atoms with E-state index in [1.165, 1.54) is 0 Å². The summed E-state index contributed by atoms with van der Waals surface area (Å²) in [6.45, 7) is 6.86. The molecular weight excluding hydrogens is 366 g/mol. The summed E-state index contributed by atoms with van der Waals surface area (Å²) < 4.78 is 29.8. The van der Waals surface area contributed by atoms with E-state index in [1.807, 2.05) is 12.1 Å². The molecule has 2 atom stereocenters. The van der Waals surface area contributed by atoms with E-state index >= 15 is 0 Å². The summed E-state index contributed by atoms with van der Waals surface area (Å²) in [5, 5.41) is 3.06. The fourth-order valence-electron chi connectivity index (χ4n) is 3.12. The van der Waals surface area contributed by atoms with Crippen LogP contribution in [0.1, 0.15) is 26.0 Å². The van der Waals surface area contributed by atoms with Crippen molar-refractivity contribution in [1.29, 1.82) is 0 Å².